The van der Waals surface area contributed by atoms with E-state index in [9.17, 15) is 4.79 Å². The zero-order chi connectivity index (χ0) is 19.9. The van der Waals surface area contributed by atoms with Gasteiger partial charge >= 0.3 is 0 Å². The van der Waals surface area contributed by atoms with Crippen molar-refractivity contribution >= 4 is 11.6 Å². The first kappa shape index (κ1) is 19.6. The molecule has 7 heteroatoms. The number of nitrogens with one attached hydrogen (secondary N) is 1. The van der Waals surface area contributed by atoms with Crippen LogP contribution in [0.1, 0.15) is 35.6 Å². The lowest BCUT2D eigenvalue weighted by molar-refractivity contribution is 0.101. The summed E-state index contributed by atoms with van der Waals surface area (Å²) in [7, 11) is 1.57. The number of anilines is 1. The molecular weight excluding hydrogens is 356 g/mol. The summed E-state index contributed by atoms with van der Waals surface area (Å²) in [6.07, 6.45) is 0.820. The Balaban J connectivity index is 1.90. The SMILES string of the molecule is CCOc1ccc(-n2nnc(C(=O)Nc3ccccc3CC)c2COC)cc1. The minimum absolute atomic E-state index is 0.207. The Hall–Kier alpha value is -3.19. The molecule has 1 heterocycles. The highest BCUT2D eigenvalue weighted by Gasteiger charge is 2.21. The molecule has 0 aliphatic rings. The standard InChI is InChI=1S/C21H24N4O3/c1-4-15-8-6-7-9-18(15)22-21(26)20-19(14-27-3)25(24-23-20)16-10-12-17(13-11-16)28-5-2/h6-13H,4-5,14H2,1-3H3,(H,22,26). The van der Waals surface area contributed by atoms with E-state index in [1.54, 1.807) is 11.8 Å². The molecule has 0 unspecified atom stereocenters. The van der Waals surface area contributed by atoms with Crippen molar-refractivity contribution in [2.75, 3.05) is 19.0 Å². The molecule has 7 nitrogen and oxygen atoms in total. The van der Waals surface area contributed by atoms with Gasteiger partial charge in [-0.3, -0.25) is 4.79 Å². The summed E-state index contributed by atoms with van der Waals surface area (Å²) < 4.78 is 12.4. The Labute approximate surface area is 164 Å². The Kier molecular flexibility index (Phi) is 6.39. The lowest BCUT2D eigenvalue weighted by Crippen LogP contribution is -2.17. The van der Waals surface area contributed by atoms with Gasteiger partial charge in [-0.25, -0.2) is 4.68 Å². The van der Waals surface area contributed by atoms with Gasteiger partial charge in [0.1, 0.15) is 11.4 Å². The Morgan fingerprint density at radius 3 is 2.54 bits per heavy atom. The first-order valence-corrected chi connectivity index (χ1v) is 9.23. The molecule has 0 atom stereocenters. The minimum atomic E-state index is -0.315. The van der Waals surface area contributed by atoms with Crippen molar-refractivity contribution in [2.24, 2.45) is 0 Å². The third-order valence-electron chi connectivity index (χ3n) is 4.30. The third-order valence-corrected chi connectivity index (χ3v) is 4.30. The fourth-order valence-corrected chi connectivity index (χ4v) is 2.93. The number of para-hydroxylation sites is 1. The predicted octanol–water partition coefficient (Wildman–Crippen LogP) is 3.63. The molecular formula is C21H24N4O3. The van der Waals surface area contributed by atoms with E-state index in [1.807, 2.05) is 62.4 Å². The number of carbonyl (C=O) groups excluding carboxylic acids is 1. The van der Waals surface area contributed by atoms with E-state index in [-0.39, 0.29) is 18.2 Å². The fourth-order valence-electron chi connectivity index (χ4n) is 2.93. The van der Waals surface area contributed by atoms with Gasteiger partial charge < -0.3 is 14.8 Å². The van der Waals surface area contributed by atoms with Crippen molar-refractivity contribution in [1.82, 2.24) is 15.0 Å². The quantitative estimate of drug-likeness (QED) is 0.646. The number of hydrogen-bond acceptors (Lipinski definition) is 5. The molecule has 1 amide bonds. The highest BCUT2D eigenvalue weighted by atomic mass is 16.5. The van der Waals surface area contributed by atoms with Gasteiger partial charge in [-0.15, -0.1) is 5.10 Å². The van der Waals surface area contributed by atoms with Crippen LogP contribution in [0.15, 0.2) is 48.5 Å². The highest BCUT2D eigenvalue weighted by Crippen LogP contribution is 2.20. The average Bonchev–Trinajstić information content (AvgIpc) is 3.13. The number of hydrogen-bond donors (Lipinski definition) is 1. The molecule has 0 saturated carbocycles. The Bertz CT molecular complexity index is 935. The van der Waals surface area contributed by atoms with Gasteiger partial charge in [0.15, 0.2) is 5.69 Å². The largest absolute Gasteiger partial charge is 0.494 e. The number of carbonyl (C=O) groups is 1. The lowest BCUT2D eigenvalue weighted by Gasteiger charge is -2.10. The van der Waals surface area contributed by atoms with Crippen molar-refractivity contribution in [1.29, 1.82) is 0 Å². The molecule has 2 aromatic carbocycles. The van der Waals surface area contributed by atoms with Crippen LogP contribution in [0.5, 0.6) is 5.75 Å². The van der Waals surface area contributed by atoms with E-state index < -0.39 is 0 Å². The molecule has 0 fully saturated rings. The van der Waals surface area contributed by atoms with Crippen LogP contribution in [0.2, 0.25) is 0 Å². The molecule has 1 aromatic heterocycles. The Morgan fingerprint density at radius 1 is 1.11 bits per heavy atom. The monoisotopic (exact) mass is 380 g/mol. The molecule has 1 N–H and O–H groups in total. The van der Waals surface area contributed by atoms with Gasteiger partial charge in [0.25, 0.3) is 5.91 Å². The van der Waals surface area contributed by atoms with E-state index in [0.717, 1.165) is 29.1 Å². The second-order valence-corrected chi connectivity index (χ2v) is 6.12. The molecule has 3 rings (SSSR count). The zero-order valence-corrected chi connectivity index (χ0v) is 16.3. The van der Waals surface area contributed by atoms with Gasteiger partial charge in [-0.2, -0.15) is 0 Å². The van der Waals surface area contributed by atoms with Gasteiger partial charge in [0.05, 0.1) is 18.9 Å². The highest BCUT2D eigenvalue weighted by molar-refractivity contribution is 6.04. The van der Waals surface area contributed by atoms with Crippen LogP contribution in [-0.2, 0) is 17.8 Å². The number of ether oxygens (including phenoxy) is 2. The molecule has 0 spiro atoms. The number of aryl methyl sites for hydroxylation is 1. The van der Waals surface area contributed by atoms with E-state index in [0.29, 0.717) is 12.3 Å². The van der Waals surface area contributed by atoms with Gasteiger partial charge in [0, 0.05) is 12.8 Å². The Morgan fingerprint density at radius 2 is 1.86 bits per heavy atom. The van der Waals surface area contributed by atoms with Crippen molar-refractivity contribution in [3.8, 4) is 11.4 Å². The van der Waals surface area contributed by atoms with E-state index in [1.165, 1.54) is 0 Å². The zero-order valence-electron chi connectivity index (χ0n) is 16.3. The molecule has 0 aliphatic carbocycles. The number of amides is 1. The molecule has 0 bridgehead atoms. The van der Waals surface area contributed by atoms with Crippen LogP contribution in [0, 0.1) is 0 Å². The molecule has 3 aromatic rings. The summed E-state index contributed by atoms with van der Waals surface area (Å²) >= 11 is 0. The predicted molar refractivity (Wildman–Crippen MR) is 107 cm³/mol. The van der Waals surface area contributed by atoms with Crippen molar-refractivity contribution in [3.05, 3.63) is 65.5 Å². The van der Waals surface area contributed by atoms with E-state index >= 15 is 0 Å². The second kappa shape index (κ2) is 9.14. The van der Waals surface area contributed by atoms with Gasteiger partial charge in [-0.05, 0) is 49.2 Å². The first-order valence-electron chi connectivity index (χ1n) is 9.23. The summed E-state index contributed by atoms with van der Waals surface area (Å²) in [4.78, 5) is 12.9. The summed E-state index contributed by atoms with van der Waals surface area (Å²) in [5.41, 5.74) is 3.42. The molecule has 0 saturated heterocycles. The minimum Gasteiger partial charge on any atom is -0.494 e. The smallest absolute Gasteiger partial charge is 0.278 e. The topological polar surface area (TPSA) is 78.3 Å². The van der Waals surface area contributed by atoms with Gasteiger partial charge in [0.2, 0.25) is 0 Å². The van der Waals surface area contributed by atoms with E-state index in [4.69, 9.17) is 9.47 Å². The van der Waals surface area contributed by atoms with Crippen LogP contribution in [0.4, 0.5) is 5.69 Å². The van der Waals surface area contributed by atoms with Crippen LogP contribution >= 0.6 is 0 Å². The summed E-state index contributed by atoms with van der Waals surface area (Å²) in [6.45, 7) is 4.78. The second-order valence-electron chi connectivity index (χ2n) is 6.12. The molecule has 28 heavy (non-hydrogen) atoms. The average molecular weight is 380 g/mol. The van der Waals surface area contributed by atoms with Crippen LogP contribution < -0.4 is 10.1 Å². The normalized spacial score (nSPS) is 10.7. The van der Waals surface area contributed by atoms with Crippen molar-refractivity contribution in [2.45, 2.75) is 26.9 Å². The number of methoxy groups -OCH3 is 1. The van der Waals surface area contributed by atoms with Crippen LogP contribution in [-0.4, -0.2) is 34.6 Å². The number of nitrogens with zero attached hydrogens (tertiary/aromatic N) is 3. The first-order chi connectivity index (χ1) is 13.7. The molecule has 0 aliphatic heterocycles. The van der Waals surface area contributed by atoms with Crippen LogP contribution in [0.25, 0.3) is 5.69 Å². The number of benzene rings is 2. The van der Waals surface area contributed by atoms with Gasteiger partial charge in [-0.1, -0.05) is 30.3 Å². The number of aromatic nitrogens is 3. The summed E-state index contributed by atoms with van der Waals surface area (Å²) in [5, 5.41) is 11.2. The number of rotatable bonds is 8. The maximum atomic E-state index is 12.9. The molecule has 146 valence electrons. The fraction of sp³-hybridized carbons (Fsp3) is 0.286. The third kappa shape index (κ3) is 4.20. The molecule has 0 radical (unpaired) electrons. The van der Waals surface area contributed by atoms with Crippen LogP contribution in [0.3, 0.4) is 0 Å². The van der Waals surface area contributed by atoms with Crippen molar-refractivity contribution in [3.63, 3.8) is 0 Å². The summed E-state index contributed by atoms with van der Waals surface area (Å²) in [6, 6.07) is 15.2. The lowest BCUT2D eigenvalue weighted by atomic mass is 10.1. The van der Waals surface area contributed by atoms with Crippen molar-refractivity contribution < 1.29 is 14.3 Å². The summed E-state index contributed by atoms with van der Waals surface area (Å²) in [5.74, 6) is 0.457. The maximum Gasteiger partial charge on any atom is 0.278 e. The van der Waals surface area contributed by atoms with E-state index in [2.05, 4.69) is 15.6 Å². The maximum absolute atomic E-state index is 12.9.